The molecule has 1 unspecified atom stereocenters. The molecule has 0 N–H and O–H groups in total. The molecule has 14 heavy (non-hydrogen) atoms. The predicted octanol–water partition coefficient (Wildman–Crippen LogP) is 1.22. The van der Waals surface area contributed by atoms with Crippen LogP contribution < -0.4 is 0 Å². The third kappa shape index (κ3) is 2.97. The van der Waals surface area contributed by atoms with Gasteiger partial charge in [0.1, 0.15) is 12.4 Å². The summed E-state index contributed by atoms with van der Waals surface area (Å²) in [5.74, 6) is -0.451. The van der Waals surface area contributed by atoms with E-state index in [-0.39, 0.29) is 12.5 Å². The Bertz CT molecular complexity index is 310. The second kappa shape index (κ2) is 5.11. The summed E-state index contributed by atoms with van der Waals surface area (Å²) in [6.07, 6.45) is 3.55. The number of carbonyl (C=O) groups excluding carboxylic acids is 2. The molecule has 1 aromatic heterocycles. The first-order valence-electron chi connectivity index (χ1n) is 4.28. The molecule has 4 nitrogen and oxygen atoms in total. The van der Waals surface area contributed by atoms with Crippen molar-refractivity contribution in [2.75, 3.05) is 0 Å². The van der Waals surface area contributed by atoms with Crippen LogP contribution in [0.2, 0.25) is 0 Å². The maximum absolute atomic E-state index is 11.4. The van der Waals surface area contributed by atoms with Crippen LogP contribution in [-0.4, -0.2) is 23.3 Å². The number of pyridine rings is 1. The van der Waals surface area contributed by atoms with E-state index in [0.29, 0.717) is 5.56 Å². The molecule has 1 atom stereocenters. The maximum atomic E-state index is 11.4. The smallest absolute Gasteiger partial charge is 0.339 e. The lowest BCUT2D eigenvalue weighted by Gasteiger charge is -2.09. The van der Waals surface area contributed by atoms with Gasteiger partial charge in [0.05, 0.1) is 5.56 Å². The molecule has 0 aliphatic carbocycles. The molecule has 1 heterocycles. The average Bonchev–Trinajstić information content (AvgIpc) is 2.19. The fraction of sp³-hybridized carbons (Fsp3) is 0.300. The molecule has 4 heteroatoms. The van der Waals surface area contributed by atoms with Gasteiger partial charge in [0.15, 0.2) is 0 Å². The van der Waals surface area contributed by atoms with Crippen molar-refractivity contribution in [3.8, 4) is 0 Å². The largest absolute Gasteiger partial charge is 0.459 e. The van der Waals surface area contributed by atoms with Gasteiger partial charge in [-0.15, -0.1) is 0 Å². The summed E-state index contributed by atoms with van der Waals surface area (Å²) in [6.45, 7) is 1.67. The van der Waals surface area contributed by atoms with Crippen LogP contribution in [0.4, 0.5) is 0 Å². The van der Waals surface area contributed by atoms with E-state index in [4.69, 9.17) is 4.74 Å². The molecule has 0 amide bonds. The summed E-state index contributed by atoms with van der Waals surface area (Å²) in [5.41, 5.74) is 0.394. The van der Waals surface area contributed by atoms with E-state index in [1.165, 1.54) is 6.20 Å². The van der Waals surface area contributed by atoms with Crippen molar-refractivity contribution in [1.82, 2.24) is 4.98 Å². The van der Waals surface area contributed by atoms with Crippen LogP contribution in [0.3, 0.4) is 0 Å². The zero-order chi connectivity index (χ0) is 10.4. The van der Waals surface area contributed by atoms with E-state index in [1.54, 1.807) is 25.3 Å². The van der Waals surface area contributed by atoms with Gasteiger partial charge in [0, 0.05) is 18.8 Å². The lowest BCUT2D eigenvalue weighted by atomic mass is 10.3. The number of hydrogen-bond donors (Lipinski definition) is 0. The molecule has 1 rings (SSSR count). The third-order valence-electron chi connectivity index (χ3n) is 1.63. The molecule has 0 aliphatic heterocycles. The third-order valence-corrected chi connectivity index (χ3v) is 1.63. The van der Waals surface area contributed by atoms with Gasteiger partial charge < -0.3 is 9.53 Å². The van der Waals surface area contributed by atoms with Crippen molar-refractivity contribution in [2.24, 2.45) is 0 Å². The molecule has 0 radical (unpaired) electrons. The highest BCUT2D eigenvalue weighted by Crippen LogP contribution is 2.03. The fourth-order valence-corrected chi connectivity index (χ4v) is 0.918. The Kier molecular flexibility index (Phi) is 3.79. The van der Waals surface area contributed by atoms with Gasteiger partial charge in [-0.1, -0.05) is 0 Å². The van der Waals surface area contributed by atoms with Gasteiger partial charge in [-0.3, -0.25) is 4.98 Å². The van der Waals surface area contributed by atoms with Gasteiger partial charge in [-0.05, 0) is 19.1 Å². The number of nitrogens with zero attached hydrogens (tertiary/aromatic N) is 1. The Hall–Kier alpha value is -1.71. The summed E-state index contributed by atoms with van der Waals surface area (Å²) in [7, 11) is 0. The number of rotatable bonds is 4. The Labute approximate surface area is 81.9 Å². The van der Waals surface area contributed by atoms with Gasteiger partial charge in [0.2, 0.25) is 0 Å². The van der Waals surface area contributed by atoms with Gasteiger partial charge >= 0.3 is 5.97 Å². The summed E-state index contributed by atoms with van der Waals surface area (Å²) in [4.78, 5) is 25.3. The molecular formula is C10H11NO3. The fourth-order valence-electron chi connectivity index (χ4n) is 0.918. The van der Waals surface area contributed by atoms with Crippen molar-refractivity contribution in [3.05, 3.63) is 30.1 Å². The number of aromatic nitrogens is 1. The monoisotopic (exact) mass is 193 g/mol. The van der Waals surface area contributed by atoms with Gasteiger partial charge in [-0.2, -0.15) is 0 Å². The number of hydrogen-bond acceptors (Lipinski definition) is 4. The normalized spacial score (nSPS) is 11.8. The minimum Gasteiger partial charge on any atom is -0.459 e. The van der Waals surface area contributed by atoms with E-state index < -0.39 is 5.97 Å². The van der Waals surface area contributed by atoms with Crippen LogP contribution in [0.25, 0.3) is 0 Å². The first-order valence-corrected chi connectivity index (χ1v) is 4.28. The molecule has 1 aromatic rings. The first-order chi connectivity index (χ1) is 6.74. The van der Waals surface area contributed by atoms with Crippen LogP contribution in [0.15, 0.2) is 24.5 Å². The molecule has 74 valence electrons. The Morgan fingerprint density at radius 1 is 1.71 bits per heavy atom. The topological polar surface area (TPSA) is 56.3 Å². The standard InChI is InChI=1S/C10H11NO3/c1-8(4-6-12)14-10(13)9-3-2-5-11-7-9/h2-3,5-8H,4H2,1H3. The van der Waals surface area contributed by atoms with Gasteiger partial charge in [0.25, 0.3) is 0 Å². The van der Waals surface area contributed by atoms with E-state index in [9.17, 15) is 9.59 Å². The highest BCUT2D eigenvalue weighted by atomic mass is 16.5. The van der Waals surface area contributed by atoms with Crippen molar-refractivity contribution >= 4 is 12.3 Å². The van der Waals surface area contributed by atoms with Crippen LogP contribution in [-0.2, 0) is 9.53 Å². The number of esters is 1. The average molecular weight is 193 g/mol. The van der Waals surface area contributed by atoms with E-state index in [2.05, 4.69) is 4.98 Å². The SMILES string of the molecule is CC(CC=O)OC(=O)c1cccnc1. The zero-order valence-corrected chi connectivity index (χ0v) is 7.84. The molecule has 0 aromatic carbocycles. The molecule has 0 spiro atoms. The molecule has 0 aliphatic rings. The molecule has 0 bridgehead atoms. The number of aldehydes is 1. The highest BCUT2D eigenvalue weighted by Gasteiger charge is 2.10. The van der Waals surface area contributed by atoms with Crippen molar-refractivity contribution in [1.29, 1.82) is 0 Å². The quantitative estimate of drug-likeness (QED) is 0.532. The molecule has 0 fully saturated rings. The highest BCUT2D eigenvalue weighted by molar-refractivity contribution is 5.89. The Morgan fingerprint density at radius 3 is 3.07 bits per heavy atom. The summed E-state index contributed by atoms with van der Waals surface area (Å²) in [5, 5.41) is 0. The number of ether oxygens (including phenoxy) is 1. The molecule has 0 saturated carbocycles. The van der Waals surface area contributed by atoms with Crippen molar-refractivity contribution in [3.63, 3.8) is 0 Å². The number of carbonyl (C=O) groups is 2. The summed E-state index contributed by atoms with van der Waals surface area (Å²) in [6, 6.07) is 3.27. The van der Waals surface area contributed by atoms with Crippen molar-refractivity contribution < 1.29 is 14.3 Å². The lowest BCUT2D eigenvalue weighted by Crippen LogP contribution is -2.15. The van der Waals surface area contributed by atoms with Crippen LogP contribution in [0, 0.1) is 0 Å². The van der Waals surface area contributed by atoms with Crippen molar-refractivity contribution in [2.45, 2.75) is 19.4 Å². The second-order valence-corrected chi connectivity index (χ2v) is 2.86. The zero-order valence-electron chi connectivity index (χ0n) is 7.84. The predicted molar refractivity (Wildman–Crippen MR) is 49.8 cm³/mol. The minimum absolute atomic E-state index is 0.214. The van der Waals surface area contributed by atoms with Gasteiger partial charge in [-0.25, -0.2) is 4.79 Å². The van der Waals surface area contributed by atoms with E-state index in [0.717, 1.165) is 6.29 Å². The Balaban J connectivity index is 2.55. The van der Waals surface area contributed by atoms with E-state index >= 15 is 0 Å². The van der Waals surface area contributed by atoms with Crippen LogP contribution in [0.1, 0.15) is 23.7 Å². The lowest BCUT2D eigenvalue weighted by molar-refractivity contribution is -0.109. The van der Waals surface area contributed by atoms with Crippen LogP contribution in [0.5, 0.6) is 0 Å². The first kappa shape index (κ1) is 10.4. The summed E-state index contributed by atoms with van der Waals surface area (Å²) >= 11 is 0. The minimum atomic E-state index is -0.451. The maximum Gasteiger partial charge on any atom is 0.339 e. The summed E-state index contributed by atoms with van der Waals surface area (Å²) < 4.78 is 4.97. The van der Waals surface area contributed by atoms with Crippen LogP contribution >= 0.6 is 0 Å². The van der Waals surface area contributed by atoms with E-state index in [1.807, 2.05) is 0 Å². The molecular weight excluding hydrogens is 182 g/mol. The Morgan fingerprint density at radius 2 is 2.50 bits per heavy atom. The second-order valence-electron chi connectivity index (χ2n) is 2.86. The molecule has 0 saturated heterocycles.